The second-order valence-corrected chi connectivity index (χ2v) is 7.95. The van der Waals surface area contributed by atoms with E-state index >= 15 is 0 Å². The molecule has 4 rings (SSSR count). The Bertz CT molecular complexity index is 1050. The van der Waals surface area contributed by atoms with Crippen molar-refractivity contribution in [2.45, 2.75) is 32.9 Å². The highest BCUT2D eigenvalue weighted by Gasteiger charge is 2.30. The van der Waals surface area contributed by atoms with Gasteiger partial charge in [0, 0.05) is 24.7 Å². The van der Waals surface area contributed by atoms with Crippen LogP contribution in [0.1, 0.15) is 36.2 Å². The summed E-state index contributed by atoms with van der Waals surface area (Å²) in [6, 6.07) is 15.8. The van der Waals surface area contributed by atoms with Crippen LogP contribution in [0.25, 0.3) is 11.3 Å². The monoisotopic (exact) mass is 437 g/mol. The van der Waals surface area contributed by atoms with E-state index < -0.39 is 5.82 Å². The molecule has 1 amide bonds. The summed E-state index contributed by atoms with van der Waals surface area (Å²) < 4.78 is 25.8. The van der Waals surface area contributed by atoms with Gasteiger partial charge in [0.15, 0.2) is 0 Å². The number of hydrogen-bond donors (Lipinski definition) is 0. The first-order chi connectivity index (χ1) is 15.6. The van der Waals surface area contributed by atoms with Crippen molar-refractivity contribution in [3.05, 3.63) is 71.5 Å². The molecule has 2 aromatic carbocycles. The fraction of sp³-hybridized carbons (Fsp3) is 0.360. The van der Waals surface area contributed by atoms with Gasteiger partial charge in [-0.2, -0.15) is 0 Å². The zero-order valence-corrected chi connectivity index (χ0v) is 18.5. The second kappa shape index (κ2) is 9.96. The lowest BCUT2D eigenvalue weighted by atomic mass is 10.0. The van der Waals surface area contributed by atoms with Crippen molar-refractivity contribution in [2.75, 3.05) is 31.2 Å². The van der Waals surface area contributed by atoms with E-state index in [1.165, 1.54) is 12.1 Å². The first-order valence-electron chi connectivity index (χ1n) is 11.0. The van der Waals surface area contributed by atoms with E-state index in [-0.39, 0.29) is 24.1 Å². The maximum Gasteiger partial charge on any atom is 0.257 e. The largest absolute Gasteiger partial charge is 0.378 e. The molecular weight excluding hydrogens is 409 g/mol. The molecule has 168 valence electrons. The standard InChI is InChI=1S/C25H28FN3O3/c1-3-18(2)29(24(30)20-11-7-8-12-22(20)26)17-21-23(19-9-5-4-6-10-19)27-32-25(21)28-13-15-31-16-14-28/h4-12,18H,3,13-17H2,1-2H3/t18-/m1/s1. The summed E-state index contributed by atoms with van der Waals surface area (Å²) >= 11 is 0. The number of halogens is 1. The lowest BCUT2D eigenvalue weighted by Gasteiger charge is -2.31. The molecule has 0 unspecified atom stereocenters. The number of carbonyl (C=O) groups is 1. The molecule has 0 bridgehead atoms. The number of anilines is 1. The van der Waals surface area contributed by atoms with Crippen LogP contribution in [0.5, 0.6) is 0 Å². The SMILES string of the molecule is CC[C@@H](C)N(Cc1c(-c2ccccc2)noc1N1CCOCC1)C(=O)c1ccccc1F. The molecule has 2 heterocycles. The Morgan fingerprint density at radius 1 is 1.12 bits per heavy atom. The van der Waals surface area contributed by atoms with Crippen LogP contribution in [0, 0.1) is 5.82 Å². The summed E-state index contributed by atoms with van der Waals surface area (Å²) in [7, 11) is 0. The normalized spacial score (nSPS) is 14.9. The van der Waals surface area contributed by atoms with Crippen molar-refractivity contribution >= 4 is 11.8 Å². The van der Waals surface area contributed by atoms with Gasteiger partial charge in [0.1, 0.15) is 11.5 Å². The highest BCUT2D eigenvalue weighted by atomic mass is 19.1. The Hall–Kier alpha value is -3.19. The van der Waals surface area contributed by atoms with Crippen LogP contribution < -0.4 is 4.90 Å². The Morgan fingerprint density at radius 2 is 1.81 bits per heavy atom. The number of rotatable bonds is 7. The highest BCUT2D eigenvalue weighted by Crippen LogP contribution is 2.34. The average molecular weight is 438 g/mol. The molecule has 1 atom stereocenters. The molecule has 0 spiro atoms. The van der Waals surface area contributed by atoms with Gasteiger partial charge in [0.25, 0.3) is 5.91 Å². The molecule has 0 radical (unpaired) electrons. The zero-order valence-electron chi connectivity index (χ0n) is 18.5. The quantitative estimate of drug-likeness (QED) is 0.534. The minimum atomic E-state index is -0.521. The van der Waals surface area contributed by atoms with Crippen LogP contribution in [-0.2, 0) is 11.3 Å². The molecule has 0 saturated carbocycles. The maximum absolute atomic E-state index is 14.5. The molecule has 6 nitrogen and oxygen atoms in total. The van der Waals surface area contributed by atoms with Crippen molar-refractivity contribution in [1.29, 1.82) is 0 Å². The van der Waals surface area contributed by atoms with E-state index in [0.717, 1.165) is 17.5 Å². The molecule has 3 aromatic rings. The van der Waals surface area contributed by atoms with Gasteiger partial charge in [-0.25, -0.2) is 4.39 Å². The maximum atomic E-state index is 14.5. The van der Waals surface area contributed by atoms with E-state index in [1.807, 2.05) is 44.2 Å². The molecule has 32 heavy (non-hydrogen) atoms. The number of benzene rings is 2. The van der Waals surface area contributed by atoms with Crippen molar-refractivity contribution in [3.8, 4) is 11.3 Å². The summed E-state index contributed by atoms with van der Waals surface area (Å²) in [4.78, 5) is 17.2. The van der Waals surface area contributed by atoms with Crippen LogP contribution in [0.3, 0.4) is 0 Å². The van der Waals surface area contributed by atoms with Crippen LogP contribution in [0.15, 0.2) is 59.1 Å². The number of carbonyl (C=O) groups excluding carboxylic acids is 1. The van der Waals surface area contributed by atoms with Gasteiger partial charge < -0.3 is 19.1 Å². The van der Waals surface area contributed by atoms with Gasteiger partial charge in [-0.15, -0.1) is 0 Å². The van der Waals surface area contributed by atoms with Gasteiger partial charge in [-0.05, 0) is 25.5 Å². The number of nitrogens with zero attached hydrogens (tertiary/aromatic N) is 3. The first kappa shape index (κ1) is 22.0. The molecule has 1 fully saturated rings. The van der Waals surface area contributed by atoms with Gasteiger partial charge in [-0.3, -0.25) is 4.79 Å². The predicted molar refractivity (Wildman–Crippen MR) is 121 cm³/mol. The Kier molecular flexibility index (Phi) is 6.85. The van der Waals surface area contributed by atoms with Gasteiger partial charge >= 0.3 is 0 Å². The number of hydrogen-bond acceptors (Lipinski definition) is 5. The molecule has 1 aliphatic heterocycles. The summed E-state index contributed by atoms with van der Waals surface area (Å²) in [5.41, 5.74) is 2.50. The first-order valence-corrected chi connectivity index (χ1v) is 11.0. The highest BCUT2D eigenvalue weighted by molar-refractivity contribution is 5.94. The van der Waals surface area contributed by atoms with Crippen LogP contribution in [0.2, 0.25) is 0 Å². The third kappa shape index (κ3) is 4.53. The fourth-order valence-electron chi connectivity index (χ4n) is 3.89. The molecule has 0 aliphatic carbocycles. The third-order valence-electron chi connectivity index (χ3n) is 5.93. The summed E-state index contributed by atoms with van der Waals surface area (Å²) in [6.07, 6.45) is 0.735. The van der Waals surface area contributed by atoms with Crippen LogP contribution in [0.4, 0.5) is 10.3 Å². The Balaban J connectivity index is 1.76. The minimum Gasteiger partial charge on any atom is -0.378 e. The molecular formula is C25H28FN3O3. The number of ether oxygens (including phenoxy) is 1. The minimum absolute atomic E-state index is 0.0680. The van der Waals surface area contributed by atoms with E-state index in [0.29, 0.717) is 37.9 Å². The van der Waals surface area contributed by atoms with Gasteiger partial charge in [0.2, 0.25) is 5.88 Å². The van der Waals surface area contributed by atoms with E-state index in [4.69, 9.17) is 9.26 Å². The van der Waals surface area contributed by atoms with E-state index in [1.54, 1.807) is 17.0 Å². The second-order valence-electron chi connectivity index (χ2n) is 7.95. The van der Waals surface area contributed by atoms with Gasteiger partial charge in [0.05, 0.1) is 30.9 Å². The van der Waals surface area contributed by atoms with Gasteiger partial charge in [-0.1, -0.05) is 54.5 Å². The summed E-state index contributed by atoms with van der Waals surface area (Å²) in [5.74, 6) is -0.222. The topological polar surface area (TPSA) is 58.8 Å². The summed E-state index contributed by atoms with van der Waals surface area (Å²) in [5, 5.41) is 4.38. The Morgan fingerprint density at radius 3 is 2.50 bits per heavy atom. The molecule has 7 heteroatoms. The number of amides is 1. The smallest absolute Gasteiger partial charge is 0.257 e. The van der Waals surface area contributed by atoms with Crippen molar-refractivity contribution in [3.63, 3.8) is 0 Å². The summed E-state index contributed by atoms with van der Waals surface area (Å²) in [6.45, 7) is 6.82. The molecule has 1 aliphatic rings. The average Bonchev–Trinajstić information content (AvgIpc) is 3.26. The Labute approximate surface area is 187 Å². The van der Waals surface area contributed by atoms with Crippen LogP contribution >= 0.6 is 0 Å². The lowest BCUT2D eigenvalue weighted by Crippen LogP contribution is -2.40. The third-order valence-corrected chi connectivity index (χ3v) is 5.93. The number of aromatic nitrogens is 1. The van der Waals surface area contributed by atoms with Crippen LogP contribution in [-0.4, -0.2) is 48.3 Å². The predicted octanol–water partition coefficient (Wildman–Crippen LogP) is 4.76. The van der Waals surface area contributed by atoms with Crippen molar-refractivity contribution in [2.24, 2.45) is 0 Å². The fourth-order valence-corrected chi connectivity index (χ4v) is 3.89. The molecule has 1 aromatic heterocycles. The molecule has 0 N–H and O–H groups in total. The van der Waals surface area contributed by atoms with Crippen molar-refractivity contribution < 1.29 is 18.4 Å². The van der Waals surface area contributed by atoms with E-state index in [2.05, 4.69) is 10.1 Å². The number of morpholine rings is 1. The molecule has 1 saturated heterocycles. The van der Waals surface area contributed by atoms with Crippen molar-refractivity contribution in [1.82, 2.24) is 10.1 Å². The van der Waals surface area contributed by atoms with E-state index in [9.17, 15) is 9.18 Å². The zero-order chi connectivity index (χ0) is 22.5. The lowest BCUT2D eigenvalue weighted by molar-refractivity contribution is 0.0666.